The van der Waals surface area contributed by atoms with E-state index in [1.165, 1.54) is 12.0 Å². The van der Waals surface area contributed by atoms with Crippen molar-refractivity contribution in [1.29, 1.82) is 5.41 Å². The second kappa shape index (κ2) is 17.8. The summed E-state index contributed by atoms with van der Waals surface area (Å²) in [5.74, 6) is 1.03. The fraction of sp³-hybridized carbons (Fsp3) is 0.667. The van der Waals surface area contributed by atoms with Crippen LogP contribution in [0.5, 0.6) is 0 Å². The molecule has 4 heteroatoms. The van der Waals surface area contributed by atoms with Crippen LogP contribution in [-0.4, -0.2) is 28.6 Å². The minimum absolute atomic E-state index is 0.0289. The fourth-order valence-electron chi connectivity index (χ4n) is 5.77. The van der Waals surface area contributed by atoms with Gasteiger partial charge in [-0.05, 0) is 92.9 Å². The first-order valence-electron chi connectivity index (χ1n) is 15.8. The summed E-state index contributed by atoms with van der Waals surface area (Å²) in [6.07, 6.45) is 20.7. The van der Waals surface area contributed by atoms with E-state index in [0.717, 1.165) is 55.6 Å². The van der Waals surface area contributed by atoms with Gasteiger partial charge in [-0.1, -0.05) is 104 Å². The molecule has 0 spiro atoms. The molecule has 1 N–H and O–H groups in total. The van der Waals surface area contributed by atoms with Gasteiger partial charge in [0.25, 0.3) is 5.91 Å². The standard InChI is InChI=1S/C36H59ClN2O/c1-11-15-18-29(13-3)33(23-20-26(5)6)39(27(7)17-16-19-31(14-4)36(8,9)10)35(40)34(38)30-21-22-32(37)25-28(12-2)24-30/h11,15,18,21,24-27,31,33,38H,12-14,16-17,19-20,22-23H2,1-10H3/b15-11-,29-18+,38-34?. The summed E-state index contributed by atoms with van der Waals surface area (Å²) >= 11 is 6.41. The smallest absolute Gasteiger partial charge is 0.273 e. The number of hydrogen-bond donors (Lipinski definition) is 1. The Hall–Kier alpha value is -1.87. The molecule has 226 valence electrons. The topological polar surface area (TPSA) is 44.2 Å². The normalized spacial score (nSPS) is 17.2. The molecule has 1 rings (SSSR count). The van der Waals surface area contributed by atoms with Gasteiger partial charge in [0.2, 0.25) is 0 Å². The van der Waals surface area contributed by atoms with Gasteiger partial charge in [0.1, 0.15) is 5.71 Å². The molecule has 1 aliphatic carbocycles. The predicted octanol–water partition coefficient (Wildman–Crippen LogP) is 11.0. The van der Waals surface area contributed by atoms with Gasteiger partial charge in [0.05, 0.1) is 6.04 Å². The Morgan fingerprint density at radius 3 is 2.27 bits per heavy atom. The lowest BCUT2D eigenvalue weighted by molar-refractivity contribution is -0.128. The Kier molecular flexibility index (Phi) is 16.1. The molecule has 0 aromatic rings. The van der Waals surface area contributed by atoms with Crippen molar-refractivity contribution < 1.29 is 4.79 Å². The Morgan fingerprint density at radius 1 is 1.07 bits per heavy atom. The second-order valence-electron chi connectivity index (χ2n) is 13.0. The van der Waals surface area contributed by atoms with Gasteiger partial charge in [-0.2, -0.15) is 0 Å². The number of amides is 1. The SMILES string of the molecule is C/C=C\C=C(/CC)C(CCC(C)C)N(C(=O)C(=N)C1=CCC(Cl)=CC(CC)=C1)C(C)CCCC(CC)C(C)(C)C. The van der Waals surface area contributed by atoms with E-state index in [-0.39, 0.29) is 29.1 Å². The van der Waals surface area contributed by atoms with E-state index in [1.54, 1.807) is 0 Å². The van der Waals surface area contributed by atoms with Crippen LogP contribution in [0.2, 0.25) is 0 Å². The number of hydrogen-bond acceptors (Lipinski definition) is 2. The van der Waals surface area contributed by atoms with Gasteiger partial charge < -0.3 is 4.90 Å². The molecule has 0 saturated heterocycles. The molecule has 0 saturated carbocycles. The molecule has 0 aromatic heterocycles. The number of rotatable bonds is 16. The van der Waals surface area contributed by atoms with Gasteiger partial charge >= 0.3 is 0 Å². The lowest BCUT2D eigenvalue weighted by Gasteiger charge is -2.39. The lowest BCUT2D eigenvalue weighted by Crippen LogP contribution is -2.50. The molecule has 3 unspecified atom stereocenters. The minimum atomic E-state index is -0.167. The fourth-order valence-corrected chi connectivity index (χ4v) is 5.99. The molecule has 1 aliphatic rings. The highest BCUT2D eigenvalue weighted by Crippen LogP contribution is 2.34. The van der Waals surface area contributed by atoms with Crippen LogP contribution in [0, 0.1) is 22.7 Å². The Balaban J connectivity index is 3.50. The van der Waals surface area contributed by atoms with Crippen LogP contribution < -0.4 is 0 Å². The van der Waals surface area contributed by atoms with Crippen molar-refractivity contribution in [2.45, 2.75) is 139 Å². The maximum Gasteiger partial charge on any atom is 0.273 e. The van der Waals surface area contributed by atoms with Gasteiger partial charge in [0, 0.05) is 23.1 Å². The largest absolute Gasteiger partial charge is 0.328 e. The monoisotopic (exact) mass is 570 g/mol. The third kappa shape index (κ3) is 11.6. The van der Waals surface area contributed by atoms with Gasteiger partial charge in [-0.25, -0.2) is 0 Å². The zero-order chi connectivity index (χ0) is 30.5. The van der Waals surface area contributed by atoms with E-state index in [1.807, 2.05) is 31.2 Å². The number of carbonyl (C=O) groups is 1. The van der Waals surface area contributed by atoms with Gasteiger partial charge in [-0.3, -0.25) is 10.2 Å². The van der Waals surface area contributed by atoms with Crippen LogP contribution in [0.4, 0.5) is 0 Å². The van der Waals surface area contributed by atoms with Crippen molar-refractivity contribution in [3.05, 3.63) is 58.2 Å². The highest BCUT2D eigenvalue weighted by Gasteiger charge is 2.33. The van der Waals surface area contributed by atoms with Crippen LogP contribution >= 0.6 is 11.6 Å². The van der Waals surface area contributed by atoms with E-state index < -0.39 is 0 Å². The average molecular weight is 571 g/mol. The third-order valence-corrected chi connectivity index (χ3v) is 8.67. The number of allylic oxidation sites excluding steroid dienone is 8. The summed E-state index contributed by atoms with van der Waals surface area (Å²) in [5, 5.41) is 9.89. The van der Waals surface area contributed by atoms with Crippen LogP contribution in [-0.2, 0) is 4.79 Å². The zero-order valence-corrected chi connectivity index (χ0v) is 28.1. The molecule has 0 fully saturated rings. The Labute approximate surface area is 252 Å². The highest BCUT2D eigenvalue weighted by molar-refractivity contribution is 6.45. The molecule has 40 heavy (non-hydrogen) atoms. The first kappa shape index (κ1) is 36.2. The first-order valence-corrected chi connectivity index (χ1v) is 16.2. The minimum Gasteiger partial charge on any atom is -0.328 e. The van der Waals surface area contributed by atoms with E-state index in [4.69, 9.17) is 17.0 Å². The zero-order valence-electron chi connectivity index (χ0n) is 27.4. The van der Waals surface area contributed by atoms with E-state index >= 15 is 0 Å². The Bertz CT molecular complexity index is 973. The van der Waals surface area contributed by atoms with Crippen LogP contribution in [0.3, 0.4) is 0 Å². The van der Waals surface area contributed by atoms with E-state index in [2.05, 4.69) is 79.4 Å². The third-order valence-electron chi connectivity index (χ3n) is 8.40. The molecule has 0 heterocycles. The summed E-state index contributed by atoms with van der Waals surface area (Å²) in [5.41, 5.74) is 3.36. The molecule has 0 aromatic carbocycles. The van der Waals surface area contributed by atoms with E-state index in [0.29, 0.717) is 23.8 Å². The van der Waals surface area contributed by atoms with Crippen molar-refractivity contribution in [2.75, 3.05) is 0 Å². The van der Waals surface area contributed by atoms with Crippen molar-refractivity contribution in [3.63, 3.8) is 0 Å². The molecular weight excluding hydrogens is 512 g/mol. The van der Waals surface area contributed by atoms with E-state index in [9.17, 15) is 4.79 Å². The average Bonchev–Trinajstić information content (AvgIpc) is 3.09. The van der Waals surface area contributed by atoms with Crippen LogP contribution in [0.25, 0.3) is 0 Å². The summed E-state index contributed by atoms with van der Waals surface area (Å²) in [4.78, 5) is 16.5. The first-order chi connectivity index (χ1) is 18.8. The quantitative estimate of drug-likeness (QED) is 0.145. The van der Waals surface area contributed by atoms with Gasteiger partial charge in [-0.15, -0.1) is 0 Å². The van der Waals surface area contributed by atoms with Crippen molar-refractivity contribution >= 4 is 23.2 Å². The van der Waals surface area contributed by atoms with Crippen molar-refractivity contribution in [3.8, 4) is 0 Å². The molecular formula is C36H59ClN2O. The second-order valence-corrected chi connectivity index (χ2v) is 13.5. The summed E-state index contributed by atoms with van der Waals surface area (Å²) in [6, 6.07) is 0.00418. The molecule has 0 bridgehead atoms. The lowest BCUT2D eigenvalue weighted by atomic mass is 9.76. The number of halogens is 1. The molecule has 3 nitrogen and oxygen atoms in total. The van der Waals surface area contributed by atoms with Crippen molar-refractivity contribution in [2.24, 2.45) is 17.3 Å². The molecule has 0 aliphatic heterocycles. The van der Waals surface area contributed by atoms with Crippen LogP contribution in [0.15, 0.2) is 58.2 Å². The summed E-state index contributed by atoms with van der Waals surface area (Å²) in [7, 11) is 0. The predicted molar refractivity (Wildman–Crippen MR) is 177 cm³/mol. The highest BCUT2D eigenvalue weighted by atomic mass is 35.5. The summed E-state index contributed by atoms with van der Waals surface area (Å²) in [6.45, 7) is 22.3. The maximum absolute atomic E-state index is 14.4. The number of carbonyl (C=O) groups excluding carboxylic acids is 1. The number of nitrogens with zero attached hydrogens (tertiary/aromatic N) is 1. The van der Waals surface area contributed by atoms with Crippen molar-refractivity contribution in [1.82, 2.24) is 4.90 Å². The summed E-state index contributed by atoms with van der Waals surface area (Å²) < 4.78 is 0. The number of nitrogens with one attached hydrogen (secondary N) is 1. The molecule has 3 atom stereocenters. The Morgan fingerprint density at radius 2 is 1.75 bits per heavy atom. The molecule has 1 amide bonds. The maximum atomic E-state index is 14.4. The van der Waals surface area contributed by atoms with Crippen LogP contribution in [0.1, 0.15) is 127 Å². The molecule has 0 radical (unpaired) electrons. The van der Waals surface area contributed by atoms with Gasteiger partial charge in [0.15, 0.2) is 0 Å².